The maximum absolute atomic E-state index is 13.0. The molecule has 1 aliphatic rings. The second-order valence-corrected chi connectivity index (χ2v) is 8.03. The third kappa shape index (κ3) is 4.03. The molecule has 0 N–H and O–H groups in total. The zero-order valence-corrected chi connectivity index (χ0v) is 13.1. The van der Waals surface area contributed by atoms with Crippen LogP contribution in [0.15, 0.2) is 24.3 Å². The van der Waals surface area contributed by atoms with E-state index in [-0.39, 0.29) is 35.2 Å². The van der Waals surface area contributed by atoms with Crippen LogP contribution in [-0.4, -0.2) is 36.8 Å². The Bertz CT molecular complexity index is 610. The number of carbonyl (C=O) groups is 1. The van der Waals surface area contributed by atoms with Crippen LogP contribution < -0.4 is 0 Å². The molecule has 0 aromatic heterocycles. The van der Waals surface area contributed by atoms with Gasteiger partial charge in [-0.1, -0.05) is 26.0 Å². The van der Waals surface area contributed by atoms with Crippen LogP contribution in [0, 0.1) is 11.7 Å². The summed E-state index contributed by atoms with van der Waals surface area (Å²) in [7, 11) is -3.05. The van der Waals surface area contributed by atoms with Gasteiger partial charge < -0.3 is 4.90 Å². The van der Waals surface area contributed by atoms with E-state index in [2.05, 4.69) is 0 Å². The molecular weight excluding hydrogens is 293 g/mol. The van der Waals surface area contributed by atoms with Gasteiger partial charge in [-0.15, -0.1) is 0 Å². The van der Waals surface area contributed by atoms with Crippen LogP contribution >= 0.6 is 0 Å². The lowest BCUT2D eigenvalue weighted by Gasteiger charge is -2.30. The summed E-state index contributed by atoms with van der Waals surface area (Å²) in [5.41, 5.74) is 0.801. The lowest BCUT2D eigenvalue weighted by atomic mass is 10.1. The number of carbonyl (C=O) groups excluding carboxylic acids is 1. The van der Waals surface area contributed by atoms with E-state index in [0.29, 0.717) is 13.0 Å². The van der Waals surface area contributed by atoms with E-state index in [1.54, 1.807) is 30.9 Å². The molecule has 0 aliphatic carbocycles. The largest absolute Gasteiger partial charge is 0.334 e. The van der Waals surface area contributed by atoms with Crippen molar-refractivity contribution in [1.29, 1.82) is 0 Å². The molecule has 116 valence electrons. The maximum Gasteiger partial charge on any atom is 0.225 e. The molecule has 0 bridgehead atoms. The average molecular weight is 313 g/mol. The van der Waals surface area contributed by atoms with Gasteiger partial charge in [0.15, 0.2) is 9.84 Å². The van der Waals surface area contributed by atoms with Crippen LogP contribution in [0.1, 0.15) is 25.8 Å². The Labute approximate surface area is 124 Å². The van der Waals surface area contributed by atoms with Gasteiger partial charge in [0.2, 0.25) is 5.91 Å². The first-order valence-electron chi connectivity index (χ1n) is 7.04. The summed E-state index contributed by atoms with van der Waals surface area (Å²) in [5.74, 6) is -0.450. The van der Waals surface area contributed by atoms with E-state index in [0.717, 1.165) is 5.56 Å². The molecule has 4 nitrogen and oxygen atoms in total. The fourth-order valence-electron chi connectivity index (χ4n) is 2.53. The highest BCUT2D eigenvalue weighted by molar-refractivity contribution is 7.91. The normalized spacial score (nSPS) is 20.7. The Morgan fingerprint density at radius 1 is 1.33 bits per heavy atom. The van der Waals surface area contributed by atoms with Crippen molar-refractivity contribution in [2.45, 2.75) is 32.9 Å². The number of hydrogen-bond donors (Lipinski definition) is 0. The SMILES string of the molecule is CC(C)C(=O)N(Cc1ccc(F)cc1)C1CCS(=O)(=O)C1. The van der Waals surface area contributed by atoms with Crippen LogP contribution in [-0.2, 0) is 21.2 Å². The van der Waals surface area contributed by atoms with Crippen LogP contribution in [0.5, 0.6) is 0 Å². The molecule has 1 aliphatic heterocycles. The van der Waals surface area contributed by atoms with Crippen LogP contribution in [0.2, 0.25) is 0 Å². The Morgan fingerprint density at radius 3 is 2.43 bits per heavy atom. The van der Waals surface area contributed by atoms with Gasteiger partial charge in [-0.3, -0.25) is 4.79 Å². The molecule has 1 aromatic rings. The molecule has 0 radical (unpaired) electrons. The standard InChI is InChI=1S/C15H20FNO3S/c1-11(2)15(18)17(14-7-8-21(19,20)10-14)9-12-3-5-13(16)6-4-12/h3-6,11,14H,7-10H2,1-2H3. The number of hydrogen-bond acceptors (Lipinski definition) is 3. The number of nitrogens with zero attached hydrogens (tertiary/aromatic N) is 1. The van der Waals surface area contributed by atoms with E-state index < -0.39 is 9.84 Å². The number of benzene rings is 1. The Kier molecular flexibility index (Phi) is 4.66. The second kappa shape index (κ2) is 6.13. The summed E-state index contributed by atoms with van der Waals surface area (Å²) < 4.78 is 36.2. The number of sulfone groups is 1. The van der Waals surface area contributed by atoms with Gasteiger partial charge in [0.1, 0.15) is 5.82 Å². The number of rotatable bonds is 4. The molecule has 1 atom stereocenters. The highest BCUT2D eigenvalue weighted by Gasteiger charge is 2.35. The number of halogens is 1. The first-order valence-corrected chi connectivity index (χ1v) is 8.86. The van der Waals surface area contributed by atoms with E-state index in [9.17, 15) is 17.6 Å². The first-order chi connectivity index (χ1) is 9.78. The van der Waals surface area contributed by atoms with Gasteiger partial charge in [0, 0.05) is 18.5 Å². The zero-order chi connectivity index (χ0) is 15.6. The monoisotopic (exact) mass is 313 g/mol. The van der Waals surface area contributed by atoms with Gasteiger partial charge in [-0.25, -0.2) is 12.8 Å². The van der Waals surface area contributed by atoms with Crippen molar-refractivity contribution < 1.29 is 17.6 Å². The minimum atomic E-state index is -3.05. The molecule has 1 fully saturated rings. The van der Waals surface area contributed by atoms with Gasteiger partial charge >= 0.3 is 0 Å². The van der Waals surface area contributed by atoms with Crippen molar-refractivity contribution in [3.8, 4) is 0 Å². The van der Waals surface area contributed by atoms with E-state index in [1.807, 2.05) is 0 Å². The second-order valence-electron chi connectivity index (χ2n) is 5.80. The van der Waals surface area contributed by atoms with E-state index in [1.165, 1.54) is 12.1 Å². The summed E-state index contributed by atoms with van der Waals surface area (Å²) in [6, 6.07) is 5.66. The molecule has 1 amide bonds. The molecule has 1 heterocycles. The lowest BCUT2D eigenvalue weighted by molar-refractivity contribution is -0.137. The predicted molar refractivity (Wildman–Crippen MR) is 78.8 cm³/mol. The average Bonchev–Trinajstić information content (AvgIpc) is 2.77. The Hall–Kier alpha value is -1.43. The summed E-state index contributed by atoms with van der Waals surface area (Å²) in [5, 5.41) is 0. The molecule has 21 heavy (non-hydrogen) atoms. The molecule has 2 rings (SSSR count). The Morgan fingerprint density at radius 2 is 1.95 bits per heavy atom. The van der Waals surface area contributed by atoms with Crippen LogP contribution in [0.3, 0.4) is 0 Å². The van der Waals surface area contributed by atoms with Gasteiger partial charge in [0.05, 0.1) is 11.5 Å². The van der Waals surface area contributed by atoms with E-state index in [4.69, 9.17) is 0 Å². The van der Waals surface area contributed by atoms with Crippen molar-refractivity contribution >= 4 is 15.7 Å². The molecule has 0 spiro atoms. The van der Waals surface area contributed by atoms with Gasteiger partial charge in [0.25, 0.3) is 0 Å². The molecule has 1 unspecified atom stereocenters. The maximum atomic E-state index is 13.0. The fraction of sp³-hybridized carbons (Fsp3) is 0.533. The lowest BCUT2D eigenvalue weighted by Crippen LogP contribution is -2.42. The van der Waals surface area contributed by atoms with Crippen molar-refractivity contribution in [3.05, 3.63) is 35.6 Å². The minimum Gasteiger partial charge on any atom is -0.334 e. The molecule has 1 aromatic carbocycles. The summed E-state index contributed by atoms with van der Waals surface area (Å²) in [6.07, 6.45) is 0.474. The molecule has 1 saturated heterocycles. The summed E-state index contributed by atoms with van der Waals surface area (Å²) >= 11 is 0. The summed E-state index contributed by atoms with van der Waals surface area (Å²) in [4.78, 5) is 14.0. The molecule has 6 heteroatoms. The molecule has 0 saturated carbocycles. The van der Waals surface area contributed by atoms with Gasteiger partial charge in [-0.2, -0.15) is 0 Å². The minimum absolute atomic E-state index is 0.0205. The predicted octanol–water partition coefficient (Wildman–Crippen LogP) is 2.00. The van der Waals surface area contributed by atoms with Crippen molar-refractivity contribution in [3.63, 3.8) is 0 Å². The zero-order valence-electron chi connectivity index (χ0n) is 12.3. The highest BCUT2D eigenvalue weighted by atomic mass is 32.2. The Balaban J connectivity index is 2.20. The van der Waals surface area contributed by atoms with Crippen LogP contribution in [0.4, 0.5) is 4.39 Å². The van der Waals surface area contributed by atoms with Crippen molar-refractivity contribution in [2.24, 2.45) is 5.92 Å². The van der Waals surface area contributed by atoms with Crippen molar-refractivity contribution in [2.75, 3.05) is 11.5 Å². The highest BCUT2D eigenvalue weighted by Crippen LogP contribution is 2.22. The van der Waals surface area contributed by atoms with E-state index >= 15 is 0 Å². The van der Waals surface area contributed by atoms with Crippen molar-refractivity contribution in [1.82, 2.24) is 4.90 Å². The first kappa shape index (κ1) is 15.9. The van der Waals surface area contributed by atoms with Gasteiger partial charge in [-0.05, 0) is 24.1 Å². The van der Waals surface area contributed by atoms with Crippen LogP contribution in [0.25, 0.3) is 0 Å². The third-order valence-electron chi connectivity index (χ3n) is 3.69. The quantitative estimate of drug-likeness (QED) is 0.854. The fourth-order valence-corrected chi connectivity index (χ4v) is 4.26. The summed E-state index contributed by atoms with van der Waals surface area (Å²) in [6.45, 7) is 3.91. The third-order valence-corrected chi connectivity index (χ3v) is 5.44. The number of amides is 1. The molecular formula is C15H20FNO3S. The smallest absolute Gasteiger partial charge is 0.225 e. The topological polar surface area (TPSA) is 54.5 Å².